The summed E-state index contributed by atoms with van der Waals surface area (Å²) < 4.78 is 12.2. The summed E-state index contributed by atoms with van der Waals surface area (Å²) in [7, 11) is 0. The van der Waals surface area contributed by atoms with E-state index < -0.39 is 5.97 Å². The van der Waals surface area contributed by atoms with Gasteiger partial charge >= 0.3 is 5.97 Å². The normalized spacial score (nSPS) is 25.0. The van der Waals surface area contributed by atoms with Gasteiger partial charge in [-0.25, -0.2) is 0 Å². The Morgan fingerprint density at radius 1 is 1.35 bits per heavy atom. The van der Waals surface area contributed by atoms with Crippen molar-refractivity contribution < 1.29 is 29.3 Å². The monoisotopic (exact) mass is 510 g/mol. The molecule has 1 aliphatic heterocycles. The van der Waals surface area contributed by atoms with Crippen LogP contribution in [-0.4, -0.2) is 56.9 Å². The summed E-state index contributed by atoms with van der Waals surface area (Å²) in [6, 6.07) is 3.43. The summed E-state index contributed by atoms with van der Waals surface area (Å²) in [5.74, 6) is 1.86. The van der Waals surface area contributed by atoms with Crippen LogP contribution in [-0.2, 0) is 16.0 Å². The zero-order valence-corrected chi connectivity index (χ0v) is 22.1. The maximum atomic E-state index is 11.7. The maximum absolute atomic E-state index is 11.7. The Balaban J connectivity index is 1.38. The molecule has 1 saturated heterocycles. The first-order valence-corrected chi connectivity index (χ1v) is 14.4. The van der Waals surface area contributed by atoms with Gasteiger partial charge < -0.3 is 19.7 Å². The van der Waals surface area contributed by atoms with Gasteiger partial charge in [0.15, 0.2) is 5.78 Å². The minimum absolute atomic E-state index is 0.0520. The van der Waals surface area contributed by atoms with Crippen LogP contribution in [0.3, 0.4) is 0 Å². The van der Waals surface area contributed by atoms with Gasteiger partial charge in [-0.05, 0) is 69.3 Å². The Morgan fingerprint density at radius 3 is 2.82 bits per heavy atom. The lowest BCUT2D eigenvalue weighted by Crippen LogP contribution is -2.25. The third-order valence-electron chi connectivity index (χ3n) is 6.82. The number of aromatic hydroxyl groups is 1. The number of Topliss-reactive ketones (excluding diaryl/α,β-unsaturated/α-hetero) is 1. The highest BCUT2D eigenvalue weighted by molar-refractivity contribution is 8.04. The Morgan fingerprint density at radius 2 is 2.15 bits per heavy atom. The van der Waals surface area contributed by atoms with Gasteiger partial charge in [0.25, 0.3) is 0 Å². The molecule has 190 valence electrons. The number of aliphatic carboxylic acids is 1. The van der Waals surface area contributed by atoms with Gasteiger partial charge in [-0.3, -0.25) is 9.59 Å². The van der Waals surface area contributed by atoms with Gasteiger partial charge in [-0.2, -0.15) is 11.8 Å². The SMILES string of the molecule is CCCc1c(OCCCSCC2COC3(CCC(C(CC)C(=O)O)C3)S2)ccc(C(C)=O)c1O. The van der Waals surface area contributed by atoms with Crippen LogP contribution in [0.25, 0.3) is 0 Å². The summed E-state index contributed by atoms with van der Waals surface area (Å²) in [4.78, 5) is 23.1. The van der Waals surface area contributed by atoms with Crippen LogP contribution in [0.5, 0.6) is 11.5 Å². The number of carboxylic acid groups (broad SMARTS) is 1. The summed E-state index contributed by atoms with van der Waals surface area (Å²) in [5, 5.41) is 20.4. The highest BCUT2D eigenvalue weighted by atomic mass is 32.2. The number of carbonyl (C=O) groups excluding carboxylic acids is 1. The van der Waals surface area contributed by atoms with Crippen molar-refractivity contribution in [3.63, 3.8) is 0 Å². The molecule has 1 heterocycles. The number of phenols is 1. The predicted molar refractivity (Wildman–Crippen MR) is 138 cm³/mol. The first kappa shape index (κ1) is 27.2. The van der Waals surface area contributed by atoms with Crippen LogP contribution in [0.1, 0.15) is 75.2 Å². The zero-order chi connectivity index (χ0) is 24.7. The Bertz CT molecular complexity index is 860. The molecule has 4 atom stereocenters. The van der Waals surface area contributed by atoms with E-state index in [-0.39, 0.29) is 28.3 Å². The van der Waals surface area contributed by atoms with Crippen molar-refractivity contribution in [1.82, 2.24) is 0 Å². The molecule has 2 fully saturated rings. The minimum atomic E-state index is -0.673. The lowest BCUT2D eigenvalue weighted by Gasteiger charge is -2.23. The average Bonchev–Trinajstić information content (AvgIpc) is 3.39. The predicted octanol–water partition coefficient (Wildman–Crippen LogP) is 5.79. The van der Waals surface area contributed by atoms with E-state index in [1.165, 1.54) is 6.92 Å². The molecule has 1 saturated carbocycles. The number of hydrogen-bond acceptors (Lipinski definition) is 7. The number of hydrogen-bond donors (Lipinski definition) is 2. The van der Waals surface area contributed by atoms with E-state index in [0.29, 0.717) is 36.0 Å². The third-order valence-corrected chi connectivity index (χ3v) is 9.80. The summed E-state index contributed by atoms with van der Waals surface area (Å²) in [5.41, 5.74) is 1.07. The van der Waals surface area contributed by atoms with E-state index in [0.717, 1.165) is 55.8 Å². The van der Waals surface area contributed by atoms with E-state index in [1.54, 1.807) is 12.1 Å². The quantitative estimate of drug-likeness (QED) is 0.254. The van der Waals surface area contributed by atoms with Crippen LogP contribution in [0.2, 0.25) is 0 Å². The van der Waals surface area contributed by atoms with Crippen molar-refractivity contribution in [3.8, 4) is 11.5 Å². The average molecular weight is 511 g/mol. The molecule has 1 aliphatic carbocycles. The van der Waals surface area contributed by atoms with Crippen molar-refractivity contribution in [2.45, 2.75) is 75.9 Å². The molecule has 0 bridgehead atoms. The molecule has 0 aromatic heterocycles. The minimum Gasteiger partial charge on any atom is -0.507 e. The van der Waals surface area contributed by atoms with Crippen molar-refractivity contribution in [3.05, 3.63) is 23.3 Å². The number of carboxylic acids is 1. The molecule has 4 unspecified atom stereocenters. The van der Waals surface area contributed by atoms with Crippen LogP contribution in [0.15, 0.2) is 12.1 Å². The topological polar surface area (TPSA) is 93.1 Å². The second-order valence-corrected chi connectivity index (χ2v) is 12.1. The first-order valence-electron chi connectivity index (χ1n) is 12.4. The second-order valence-electron chi connectivity index (χ2n) is 9.34. The number of rotatable bonds is 13. The number of phenolic OH excluding ortho intramolecular Hbond substituents is 1. The number of carbonyl (C=O) groups is 2. The summed E-state index contributed by atoms with van der Waals surface area (Å²) in [6.07, 6.45) is 5.86. The highest BCUT2D eigenvalue weighted by Gasteiger charge is 2.49. The van der Waals surface area contributed by atoms with Crippen molar-refractivity contribution in [1.29, 1.82) is 0 Å². The molecule has 0 radical (unpaired) electrons. The van der Waals surface area contributed by atoms with Gasteiger partial charge in [0.2, 0.25) is 0 Å². The molecule has 6 nitrogen and oxygen atoms in total. The van der Waals surface area contributed by atoms with Gasteiger partial charge in [-0.15, -0.1) is 11.8 Å². The fourth-order valence-electron chi connectivity index (χ4n) is 5.09. The lowest BCUT2D eigenvalue weighted by molar-refractivity contribution is -0.143. The van der Waals surface area contributed by atoms with Crippen LogP contribution >= 0.6 is 23.5 Å². The Hall–Kier alpha value is -1.38. The number of benzene rings is 1. The first-order chi connectivity index (χ1) is 16.3. The molecular weight excluding hydrogens is 472 g/mol. The number of thioether (sulfide) groups is 2. The molecule has 8 heteroatoms. The van der Waals surface area contributed by atoms with Crippen molar-refractivity contribution >= 4 is 35.3 Å². The molecule has 1 aromatic carbocycles. The number of ketones is 1. The smallest absolute Gasteiger partial charge is 0.306 e. The van der Waals surface area contributed by atoms with E-state index in [2.05, 4.69) is 0 Å². The summed E-state index contributed by atoms with van der Waals surface area (Å²) >= 11 is 3.81. The number of ether oxygens (including phenoxy) is 2. The molecule has 1 spiro atoms. The molecule has 2 N–H and O–H groups in total. The van der Waals surface area contributed by atoms with Gasteiger partial charge in [0, 0.05) is 16.6 Å². The standard InChI is InChI=1S/C26H38O6S2/c1-4-7-22-23(9-8-21(17(3)27)24(22)28)31-12-6-13-33-16-19-15-32-26(34-19)11-10-18(14-26)20(5-2)25(29)30/h8-9,18-20,28H,4-7,10-16H2,1-3H3,(H,29,30). The molecule has 0 amide bonds. The van der Waals surface area contributed by atoms with Gasteiger partial charge in [-0.1, -0.05) is 20.3 Å². The fourth-order valence-corrected chi connectivity index (χ4v) is 7.92. The summed E-state index contributed by atoms with van der Waals surface area (Å²) in [6.45, 7) is 6.77. The molecule has 34 heavy (non-hydrogen) atoms. The van der Waals surface area contributed by atoms with E-state index in [9.17, 15) is 19.8 Å². The van der Waals surface area contributed by atoms with E-state index in [1.807, 2.05) is 37.4 Å². The molecule has 2 aliphatic rings. The van der Waals surface area contributed by atoms with Crippen LogP contribution < -0.4 is 4.74 Å². The van der Waals surface area contributed by atoms with Crippen molar-refractivity contribution in [2.24, 2.45) is 11.8 Å². The van der Waals surface area contributed by atoms with Gasteiger partial charge in [0.1, 0.15) is 16.4 Å². The maximum Gasteiger partial charge on any atom is 0.306 e. The lowest BCUT2D eigenvalue weighted by atomic mass is 9.89. The molecule has 1 aromatic rings. The van der Waals surface area contributed by atoms with E-state index in [4.69, 9.17) is 9.47 Å². The van der Waals surface area contributed by atoms with Crippen LogP contribution in [0, 0.1) is 11.8 Å². The third kappa shape index (κ3) is 6.64. The Labute approximate surface area is 211 Å². The van der Waals surface area contributed by atoms with Crippen molar-refractivity contribution in [2.75, 3.05) is 24.7 Å². The van der Waals surface area contributed by atoms with E-state index >= 15 is 0 Å². The highest BCUT2D eigenvalue weighted by Crippen LogP contribution is 2.53. The second kappa shape index (κ2) is 12.5. The molecule has 3 rings (SSSR count). The molecular formula is C26H38O6S2. The zero-order valence-electron chi connectivity index (χ0n) is 20.5. The van der Waals surface area contributed by atoms with Crippen LogP contribution in [0.4, 0.5) is 0 Å². The fraction of sp³-hybridized carbons (Fsp3) is 0.692. The van der Waals surface area contributed by atoms with Gasteiger partial charge in [0.05, 0.1) is 24.7 Å². The Kier molecular flexibility index (Phi) is 10.0. The largest absolute Gasteiger partial charge is 0.507 e.